The summed E-state index contributed by atoms with van der Waals surface area (Å²) in [6.45, 7) is 2.08. The van der Waals surface area contributed by atoms with E-state index in [4.69, 9.17) is 0 Å². The molecule has 0 radical (unpaired) electrons. The molecule has 0 aliphatic carbocycles. The van der Waals surface area contributed by atoms with Gasteiger partial charge in [-0.3, -0.25) is 0 Å². The minimum absolute atomic E-state index is 0. The van der Waals surface area contributed by atoms with Crippen molar-refractivity contribution in [2.75, 3.05) is 0 Å². The van der Waals surface area contributed by atoms with E-state index in [0.717, 1.165) is 0 Å². The summed E-state index contributed by atoms with van der Waals surface area (Å²) in [4.78, 5) is 0. The maximum atomic E-state index is 2.08. The van der Waals surface area contributed by atoms with Crippen LogP contribution < -0.4 is 0 Å². The molecule has 0 saturated heterocycles. The van der Waals surface area contributed by atoms with Crippen LogP contribution in [0.3, 0.4) is 0 Å². The van der Waals surface area contributed by atoms with Crippen molar-refractivity contribution >= 4 is 0 Å². The van der Waals surface area contributed by atoms with E-state index in [-0.39, 0.29) is 31.1 Å². The summed E-state index contributed by atoms with van der Waals surface area (Å²) in [6.07, 6.45) is 0. The van der Waals surface area contributed by atoms with Gasteiger partial charge in [0.1, 0.15) is 0 Å². The molecule has 0 aliphatic rings. The number of rotatable bonds is 0. The first-order chi connectivity index (χ1) is 3.39. The SMILES string of the molecule is Cc1ccccc1.[U]. The molecule has 0 spiro atoms. The standard InChI is InChI=1S/C7H8.U/c1-7-5-3-2-4-6-7;/h2-6H,1H3;. The van der Waals surface area contributed by atoms with E-state index in [1.54, 1.807) is 0 Å². The van der Waals surface area contributed by atoms with Gasteiger partial charge in [-0.1, -0.05) is 35.9 Å². The second-order valence-electron chi connectivity index (χ2n) is 1.65. The van der Waals surface area contributed by atoms with Gasteiger partial charge in [-0.15, -0.1) is 0 Å². The van der Waals surface area contributed by atoms with Crippen LogP contribution in [0, 0.1) is 38.0 Å². The molecule has 1 aromatic carbocycles. The van der Waals surface area contributed by atoms with Crippen LogP contribution in [0.15, 0.2) is 30.3 Å². The van der Waals surface area contributed by atoms with E-state index in [9.17, 15) is 0 Å². The molecule has 0 nitrogen and oxygen atoms in total. The van der Waals surface area contributed by atoms with E-state index in [0.29, 0.717) is 0 Å². The first kappa shape index (κ1) is 8.27. The molecular formula is C7H8U. The van der Waals surface area contributed by atoms with Crippen LogP contribution in [0.25, 0.3) is 0 Å². The van der Waals surface area contributed by atoms with Gasteiger partial charge < -0.3 is 0 Å². The molecule has 0 aliphatic heterocycles. The van der Waals surface area contributed by atoms with Crippen LogP contribution in [-0.4, -0.2) is 0 Å². The predicted molar refractivity (Wildman–Crippen MR) is 31.2 cm³/mol. The summed E-state index contributed by atoms with van der Waals surface area (Å²) in [6, 6.07) is 10.3. The van der Waals surface area contributed by atoms with E-state index < -0.39 is 0 Å². The minimum atomic E-state index is 0. The van der Waals surface area contributed by atoms with Gasteiger partial charge in [-0.2, -0.15) is 0 Å². The average molecular weight is 330 g/mol. The fraction of sp³-hybridized carbons (Fsp3) is 0.143. The smallest absolute Gasteiger partial charge is 0 e. The minimum Gasteiger partial charge on any atom is -0.0622 e. The monoisotopic (exact) mass is 330 g/mol. The van der Waals surface area contributed by atoms with Crippen LogP contribution in [0.5, 0.6) is 0 Å². The molecule has 8 heavy (non-hydrogen) atoms. The quantitative estimate of drug-likeness (QED) is 0.683. The van der Waals surface area contributed by atoms with E-state index in [2.05, 4.69) is 19.1 Å². The van der Waals surface area contributed by atoms with E-state index >= 15 is 0 Å². The number of aryl methyl sites for hydroxylation is 1. The molecule has 1 rings (SSSR count). The first-order valence-corrected chi connectivity index (χ1v) is 2.41. The third-order valence-electron chi connectivity index (χ3n) is 0.940. The van der Waals surface area contributed by atoms with Crippen molar-refractivity contribution in [2.45, 2.75) is 6.92 Å². The van der Waals surface area contributed by atoms with Gasteiger partial charge in [0.25, 0.3) is 0 Å². The van der Waals surface area contributed by atoms with Crippen molar-refractivity contribution in [2.24, 2.45) is 0 Å². The summed E-state index contributed by atoms with van der Waals surface area (Å²) in [5.74, 6) is 0. The van der Waals surface area contributed by atoms with Gasteiger partial charge in [-0.25, -0.2) is 0 Å². The van der Waals surface area contributed by atoms with Gasteiger partial charge in [-0.05, 0) is 6.92 Å². The van der Waals surface area contributed by atoms with Crippen molar-refractivity contribution in [3.63, 3.8) is 0 Å². The largest absolute Gasteiger partial charge is 0.0622 e. The Hall–Kier alpha value is 0.272. The second kappa shape index (κ2) is 4.18. The Morgan fingerprint density at radius 3 is 1.75 bits per heavy atom. The van der Waals surface area contributed by atoms with Crippen LogP contribution in [0.2, 0.25) is 0 Å². The number of benzene rings is 1. The third-order valence-corrected chi connectivity index (χ3v) is 0.940. The van der Waals surface area contributed by atoms with Crippen LogP contribution in [-0.2, 0) is 0 Å². The van der Waals surface area contributed by atoms with Gasteiger partial charge in [0.15, 0.2) is 0 Å². The van der Waals surface area contributed by atoms with Crippen molar-refractivity contribution in [3.8, 4) is 0 Å². The number of hydrogen-bond acceptors (Lipinski definition) is 0. The fourth-order valence-corrected chi connectivity index (χ4v) is 0.534. The molecule has 0 heterocycles. The topological polar surface area (TPSA) is 0 Å². The molecule has 0 fully saturated rings. The molecule has 40 valence electrons. The van der Waals surface area contributed by atoms with Crippen molar-refractivity contribution in [1.82, 2.24) is 0 Å². The summed E-state index contributed by atoms with van der Waals surface area (Å²) >= 11 is 0. The summed E-state index contributed by atoms with van der Waals surface area (Å²) in [5.41, 5.74) is 1.32. The van der Waals surface area contributed by atoms with Crippen molar-refractivity contribution < 1.29 is 31.1 Å². The summed E-state index contributed by atoms with van der Waals surface area (Å²) in [5, 5.41) is 0. The molecule has 0 aromatic heterocycles. The Labute approximate surface area is 73.7 Å². The van der Waals surface area contributed by atoms with E-state index in [1.165, 1.54) is 5.56 Å². The summed E-state index contributed by atoms with van der Waals surface area (Å²) < 4.78 is 0. The van der Waals surface area contributed by atoms with Crippen LogP contribution >= 0.6 is 0 Å². The van der Waals surface area contributed by atoms with Gasteiger partial charge >= 0.3 is 0 Å². The molecule has 0 amide bonds. The zero-order valence-electron chi connectivity index (χ0n) is 4.89. The third kappa shape index (κ3) is 2.55. The summed E-state index contributed by atoms with van der Waals surface area (Å²) in [7, 11) is 0. The molecule has 0 bridgehead atoms. The zero-order chi connectivity index (χ0) is 5.11. The maximum absolute atomic E-state index is 2.08. The van der Waals surface area contributed by atoms with E-state index in [1.807, 2.05) is 18.2 Å². The molecule has 0 unspecified atom stereocenters. The number of hydrogen-bond donors (Lipinski definition) is 0. The van der Waals surface area contributed by atoms with Crippen LogP contribution in [0.4, 0.5) is 0 Å². The molecule has 0 saturated carbocycles. The molecule has 0 atom stereocenters. The Morgan fingerprint density at radius 1 is 1.00 bits per heavy atom. The van der Waals surface area contributed by atoms with Gasteiger partial charge in [0, 0.05) is 31.1 Å². The molecule has 0 N–H and O–H groups in total. The molecule has 1 heteroatoms. The fourth-order valence-electron chi connectivity index (χ4n) is 0.534. The Morgan fingerprint density at radius 2 is 1.50 bits per heavy atom. The predicted octanol–water partition coefficient (Wildman–Crippen LogP) is 2.00. The second-order valence-corrected chi connectivity index (χ2v) is 1.65. The Bertz CT molecular complexity index is 134. The average Bonchev–Trinajstić information content (AvgIpc) is 1.69. The molecular weight excluding hydrogens is 322 g/mol. The van der Waals surface area contributed by atoms with Gasteiger partial charge in [0.05, 0.1) is 0 Å². The molecule has 1 aromatic rings. The maximum Gasteiger partial charge on any atom is 0 e. The van der Waals surface area contributed by atoms with Crippen molar-refractivity contribution in [1.29, 1.82) is 0 Å². The van der Waals surface area contributed by atoms with Crippen LogP contribution in [0.1, 0.15) is 5.56 Å². The normalized spacial score (nSPS) is 7.62. The Kier molecular flexibility index (Phi) is 4.32. The van der Waals surface area contributed by atoms with Crippen molar-refractivity contribution in [3.05, 3.63) is 35.9 Å². The van der Waals surface area contributed by atoms with Gasteiger partial charge in [0.2, 0.25) is 0 Å². The first-order valence-electron chi connectivity index (χ1n) is 2.41. The zero-order valence-corrected chi connectivity index (χ0v) is 9.05. The Balaban J connectivity index is 0.000000490.